The lowest BCUT2D eigenvalue weighted by Crippen LogP contribution is -2.49. The molecule has 0 aliphatic heterocycles. The topological polar surface area (TPSA) is 84.9 Å². The van der Waals surface area contributed by atoms with Crippen molar-refractivity contribution in [1.29, 1.82) is 0 Å². The molecule has 0 saturated carbocycles. The summed E-state index contributed by atoms with van der Waals surface area (Å²) in [6, 6.07) is 3.89. The summed E-state index contributed by atoms with van der Waals surface area (Å²) in [5.41, 5.74) is -0.450. The van der Waals surface area contributed by atoms with E-state index in [1.807, 2.05) is 0 Å². The van der Waals surface area contributed by atoms with E-state index in [1.54, 1.807) is 39.0 Å². The van der Waals surface area contributed by atoms with Crippen LogP contribution in [0.25, 0.3) is 0 Å². The molecule has 0 bridgehead atoms. The fraction of sp³-hybridized carbons (Fsp3) is 0.467. The summed E-state index contributed by atoms with van der Waals surface area (Å²) in [6.07, 6.45) is 0. The molecule has 1 rings (SSSR count). The van der Waals surface area contributed by atoms with Gasteiger partial charge in [-0.25, -0.2) is 4.79 Å². The molecule has 1 atom stereocenters. The van der Waals surface area contributed by atoms with Crippen LogP contribution in [0.15, 0.2) is 18.2 Å². The van der Waals surface area contributed by atoms with Gasteiger partial charge in [0.1, 0.15) is 23.1 Å². The van der Waals surface area contributed by atoms with Crippen molar-refractivity contribution in [2.24, 2.45) is 5.41 Å². The molecule has 2 N–H and O–H groups in total. The van der Waals surface area contributed by atoms with Crippen molar-refractivity contribution < 1.29 is 24.2 Å². The fourth-order valence-corrected chi connectivity index (χ4v) is 1.93. The summed E-state index contributed by atoms with van der Waals surface area (Å²) in [5.74, 6) is -0.994. The summed E-state index contributed by atoms with van der Waals surface area (Å²) in [5, 5.41) is 11.8. The lowest BCUT2D eigenvalue weighted by atomic mass is 9.86. The zero-order chi connectivity index (χ0) is 16.2. The first-order chi connectivity index (χ1) is 9.72. The largest absolute Gasteiger partial charge is 0.496 e. The molecular weight excluding hydrogens is 274 g/mol. The van der Waals surface area contributed by atoms with Crippen molar-refractivity contribution in [2.45, 2.75) is 26.8 Å². The zero-order valence-corrected chi connectivity index (χ0v) is 12.9. The molecule has 0 radical (unpaired) electrons. The van der Waals surface area contributed by atoms with Gasteiger partial charge in [0.05, 0.1) is 14.2 Å². The number of amides is 1. The van der Waals surface area contributed by atoms with Gasteiger partial charge in [-0.3, -0.25) is 4.79 Å². The van der Waals surface area contributed by atoms with E-state index < -0.39 is 23.3 Å². The number of carboxylic acid groups (broad SMARTS) is 1. The molecule has 0 aromatic heterocycles. The lowest BCUT2D eigenvalue weighted by Gasteiger charge is -2.28. The van der Waals surface area contributed by atoms with Gasteiger partial charge in [-0.2, -0.15) is 0 Å². The molecule has 0 unspecified atom stereocenters. The molecule has 1 aromatic carbocycles. The number of methoxy groups -OCH3 is 2. The number of nitrogens with one attached hydrogen (secondary N) is 1. The van der Waals surface area contributed by atoms with Crippen LogP contribution in [0.1, 0.15) is 31.1 Å². The third kappa shape index (κ3) is 3.87. The average molecular weight is 295 g/mol. The Morgan fingerprint density at radius 1 is 1.14 bits per heavy atom. The molecule has 0 heterocycles. The zero-order valence-electron chi connectivity index (χ0n) is 12.9. The van der Waals surface area contributed by atoms with Crippen molar-refractivity contribution in [3.63, 3.8) is 0 Å². The summed E-state index contributed by atoms with van der Waals surface area (Å²) < 4.78 is 10.3. The molecule has 0 spiro atoms. The summed E-state index contributed by atoms with van der Waals surface area (Å²) in [6.45, 7) is 5.22. The van der Waals surface area contributed by atoms with E-state index in [0.717, 1.165) is 0 Å². The molecule has 6 nitrogen and oxygen atoms in total. The number of benzene rings is 1. The van der Waals surface area contributed by atoms with Crippen molar-refractivity contribution >= 4 is 11.9 Å². The molecular formula is C15H21NO5. The van der Waals surface area contributed by atoms with Crippen LogP contribution in [-0.2, 0) is 4.79 Å². The van der Waals surface area contributed by atoms with Crippen molar-refractivity contribution in [2.75, 3.05) is 14.2 Å². The Kier molecular flexibility index (Phi) is 5.18. The monoisotopic (exact) mass is 295 g/mol. The number of carbonyl (C=O) groups is 2. The smallest absolute Gasteiger partial charge is 0.326 e. The number of hydrogen-bond donors (Lipinski definition) is 2. The molecule has 21 heavy (non-hydrogen) atoms. The summed E-state index contributed by atoms with van der Waals surface area (Å²) in [7, 11) is 2.87. The minimum Gasteiger partial charge on any atom is -0.496 e. The van der Waals surface area contributed by atoms with E-state index in [4.69, 9.17) is 9.47 Å². The van der Waals surface area contributed by atoms with Crippen LogP contribution < -0.4 is 14.8 Å². The van der Waals surface area contributed by atoms with Crippen LogP contribution >= 0.6 is 0 Å². The molecule has 0 saturated heterocycles. The standard InChI is InChI=1S/C15H21NO5/c1-15(2,3)12(14(18)19)16-13(17)11-9(20-4)7-6-8-10(11)21-5/h6-8,12H,1-5H3,(H,16,17)(H,18,19)/t12-/m1/s1. The van der Waals surface area contributed by atoms with Crippen molar-refractivity contribution in [3.05, 3.63) is 23.8 Å². The third-order valence-corrected chi connectivity index (χ3v) is 3.04. The Hall–Kier alpha value is -2.24. The van der Waals surface area contributed by atoms with Crippen LogP contribution in [0.3, 0.4) is 0 Å². The van der Waals surface area contributed by atoms with Gasteiger partial charge in [-0.05, 0) is 17.5 Å². The van der Waals surface area contributed by atoms with Gasteiger partial charge in [0.2, 0.25) is 0 Å². The van der Waals surface area contributed by atoms with E-state index in [1.165, 1.54) is 14.2 Å². The number of carbonyl (C=O) groups excluding carboxylic acids is 1. The maximum atomic E-state index is 12.4. The molecule has 0 aliphatic carbocycles. The van der Waals surface area contributed by atoms with Gasteiger partial charge in [-0.1, -0.05) is 26.8 Å². The normalized spacial score (nSPS) is 12.4. The lowest BCUT2D eigenvalue weighted by molar-refractivity contribution is -0.142. The van der Waals surface area contributed by atoms with E-state index >= 15 is 0 Å². The van der Waals surface area contributed by atoms with Gasteiger partial charge in [0.25, 0.3) is 5.91 Å². The first-order valence-corrected chi connectivity index (χ1v) is 6.47. The highest BCUT2D eigenvalue weighted by molar-refractivity contribution is 6.01. The van der Waals surface area contributed by atoms with Gasteiger partial charge < -0.3 is 19.9 Å². The number of ether oxygens (including phenoxy) is 2. The van der Waals surface area contributed by atoms with Gasteiger partial charge in [-0.15, -0.1) is 0 Å². The molecule has 0 aliphatic rings. The fourth-order valence-electron chi connectivity index (χ4n) is 1.93. The quantitative estimate of drug-likeness (QED) is 0.867. The van der Waals surface area contributed by atoms with Crippen LogP contribution in [0, 0.1) is 5.41 Å². The summed E-state index contributed by atoms with van der Waals surface area (Å²) in [4.78, 5) is 23.8. The number of carboxylic acids is 1. The number of rotatable bonds is 5. The van der Waals surface area contributed by atoms with Crippen molar-refractivity contribution in [3.8, 4) is 11.5 Å². The number of hydrogen-bond acceptors (Lipinski definition) is 4. The van der Waals surface area contributed by atoms with E-state index in [2.05, 4.69) is 5.32 Å². The van der Waals surface area contributed by atoms with E-state index in [0.29, 0.717) is 11.5 Å². The molecule has 0 fully saturated rings. The maximum absolute atomic E-state index is 12.4. The highest BCUT2D eigenvalue weighted by atomic mass is 16.5. The Bertz CT molecular complexity index is 511. The van der Waals surface area contributed by atoms with Gasteiger partial charge in [0, 0.05) is 0 Å². The predicted molar refractivity (Wildman–Crippen MR) is 77.9 cm³/mol. The highest BCUT2D eigenvalue weighted by Crippen LogP contribution is 2.29. The van der Waals surface area contributed by atoms with Crippen LogP contribution in [0.2, 0.25) is 0 Å². The summed E-state index contributed by atoms with van der Waals surface area (Å²) >= 11 is 0. The Morgan fingerprint density at radius 3 is 1.95 bits per heavy atom. The minimum absolute atomic E-state index is 0.179. The molecule has 1 amide bonds. The highest BCUT2D eigenvalue weighted by Gasteiger charge is 2.34. The second-order valence-electron chi connectivity index (χ2n) is 5.65. The minimum atomic E-state index is -1.09. The maximum Gasteiger partial charge on any atom is 0.326 e. The van der Waals surface area contributed by atoms with Crippen LogP contribution in [0.4, 0.5) is 0 Å². The first kappa shape index (κ1) is 16.8. The number of aliphatic carboxylic acids is 1. The van der Waals surface area contributed by atoms with E-state index in [9.17, 15) is 14.7 Å². The second kappa shape index (κ2) is 6.47. The molecule has 1 aromatic rings. The third-order valence-electron chi connectivity index (χ3n) is 3.04. The predicted octanol–water partition coefficient (Wildman–Crippen LogP) is 1.93. The van der Waals surface area contributed by atoms with E-state index in [-0.39, 0.29) is 5.56 Å². The second-order valence-corrected chi connectivity index (χ2v) is 5.65. The first-order valence-electron chi connectivity index (χ1n) is 6.47. The Labute approximate surface area is 124 Å². The Balaban J connectivity index is 3.17. The van der Waals surface area contributed by atoms with Crippen LogP contribution in [0.5, 0.6) is 11.5 Å². The van der Waals surface area contributed by atoms with Crippen LogP contribution in [-0.4, -0.2) is 37.2 Å². The molecule has 116 valence electrons. The average Bonchev–Trinajstić information content (AvgIpc) is 2.41. The SMILES string of the molecule is COc1cccc(OC)c1C(=O)N[C@H](C(=O)O)C(C)(C)C. The van der Waals surface area contributed by atoms with Gasteiger partial charge >= 0.3 is 5.97 Å². The van der Waals surface area contributed by atoms with Crippen molar-refractivity contribution in [1.82, 2.24) is 5.32 Å². The Morgan fingerprint density at radius 2 is 1.62 bits per heavy atom. The molecule has 6 heteroatoms. The van der Waals surface area contributed by atoms with Gasteiger partial charge in [0.15, 0.2) is 0 Å².